The second kappa shape index (κ2) is 9.76. The lowest BCUT2D eigenvalue weighted by molar-refractivity contribution is -0.118. The molecule has 0 fully saturated rings. The Morgan fingerprint density at radius 1 is 1.12 bits per heavy atom. The molecule has 0 saturated heterocycles. The number of aromatic nitrogens is 1. The number of thiazole rings is 1. The van der Waals surface area contributed by atoms with Crippen molar-refractivity contribution in [1.82, 2.24) is 4.98 Å². The summed E-state index contributed by atoms with van der Waals surface area (Å²) in [5, 5.41) is 0.511. The van der Waals surface area contributed by atoms with Gasteiger partial charge in [-0.2, -0.15) is 0 Å². The van der Waals surface area contributed by atoms with Gasteiger partial charge in [0.15, 0.2) is 15.0 Å². The first-order chi connectivity index (χ1) is 15.9. The van der Waals surface area contributed by atoms with Gasteiger partial charge in [0.1, 0.15) is 17.0 Å². The third-order valence-corrected chi connectivity index (χ3v) is 8.06. The van der Waals surface area contributed by atoms with Gasteiger partial charge >= 0.3 is 0 Å². The Bertz CT molecular complexity index is 1340. The number of ether oxygens (including phenoxy) is 1. The van der Waals surface area contributed by atoms with Gasteiger partial charge in [0, 0.05) is 6.42 Å². The SMILES string of the molecule is COc1cccc2sc(N(Cc3ccco3)C(=O)CCCS(=O)(=O)c3ccc(C)cc3)nc12. The number of rotatable bonds is 9. The van der Waals surface area contributed by atoms with Crippen LogP contribution in [-0.2, 0) is 21.2 Å². The van der Waals surface area contributed by atoms with Gasteiger partial charge in [-0.15, -0.1) is 0 Å². The fraction of sp³-hybridized carbons (Fsp3) is 0.250. The van der Waals surface area contributed by atoms with E-state index in [1.165, 1.54) is 11.3 Å². The molecule has 2 aromatic heterocycles. The van der Waals surface area contributed by atoms with Gasteiger partial charge in [0.05, 0.1) is 35.3 Å². The number of methoxy groups -OCH3 is 1. The van der Waals surface area contributed by atoms with E-state index in [9.17, 15) is 13.2 Å². The minimum atomic E-state index is -3.46. The maximum atomic E-state index is 13.2. The van der Waals surface area contributed by atoms with Crippen LogP contribution in [0.5, 0.6) is 5.75 Å². The van der Waals surface area contributed by atoms with E-state index in [0.29, 0.717) is 22.2 Å². The largest absolute Gasteiger partial charge is 0.494 e. The molecule has 2 heterocycles. The molecule has 0 N–H and O–H groups in total. The number of aryl methyl sites for hydroxylation is 1. The van der Waals surface area contributed by atoms with Crippen LogP contribution in [0.3, 0.4) is 0 Å². The number of amides is 1. The summed E-state index contributed by atoms with van der Waals surface area (Å²) < 4.78 is 37.0. The number of sulfone groups is 1. The molecule has 172 valence electrons. The van der Waals surface area contributed by atoms with Gasteiger partial charge in [-0.05, 0) is 49.7 Å². The summed E-state index contributed by atoms with van der Waals surface area (Å²) in [4.78, 5) is 19.6. The number of anilines is 1. The smallest absolute Gasteiger partial charge is 0.229 e. The standard InChI is InChI=1S/C24H24N2O5S2/c1-17-10-12-19(13-11-17)33(28,29)15-5-9-22(27)26(16-18-6-4-14-31-18)24-25-23-20(30-2)7-3-8-21(23)32-24/h3-4,6-8,10-14H,5,9,15-16H2,1-2H3. The van der Waals surface area contributed by atoms with Gasteiger partial charge in [-0.3, -0.25) is 9.69 Å². The molecule has 0 spiro atoms. The maximum Gasteiger partial charge on any atom is 0.229 e. The summed E-state index contributed by atoms with van der Waals surface area (Å²) in [5.74, 6) is 0.916. The van der Waals surface area contributed by atoms with Crippen LogP contribution < -0.4 is 9.64 Å². The van der Waals surface area contributed by atoms with E-state index >= 15 is 0 Å². The van der Waals surface area contributed by atoms with Crippen LogP contribution in [0.15, 0.2) is 70.2 Å². The third kappa shape index (κ3) is 5.26. The second-order valence-electron chi connectivity index (χ2n) is 7.60. The quantitative estimate of drug-likeness (QED) is 0.332. The predicted molar refractivity (Wildman–Crippen MR) is 129 cm³/mol. The highest BCUT2D eigenvalue weighted by Gasteiger charge is 2.23. The first-order valence-electron chi connectivity index (χ1n) is 10.4. The molecule has 33 heavy (non-hydrogen) atoms. The van der Waals surface area contributed by atoms with E-state index in [1.807, 2.05) is 25.1 Å². The first kappa shape index (κ1) is 23.0. The van der Waals surface area contributed by atoms with Crippen molar-refractivity contribution in [3.8, 4) is 5.75 Å². The van der Waals surface area contributed by atoms with Crippen LogP contribution >= 0.6 is 11.3 Å². The Morgan fingerprint density at radius 2 is 1.91 bits per heavy atom. The van der Waals surface area contributed by atoms with Crippen molar-refractivity contribution < 1.29 is 22.4 Å². The summed E-state index contributed by atoms with van der Waals surface area (Å²) in [5.41, 5.74) is 1.67. The lowest BCUT2D eigenvalue weighted by Gasteiger charge is -2.18. The minimum Gasteiger partial charge on any atom is -0.494 e. The zero-order chi connectivity index (χ0) is 23.4. The van der Waals surface area contributed by atoms with Crippen LogP contribution in [-0.4, -0.2) is 32.2 Å². The van der Waals surface area contributed by atoms with Crippen molar-refractivity contribution in [3.63, 3.8) is 0 Å². The van der Waals surface area contributed by atoms with E-state index in [0.717, 1.165) is 10.3 Å². The van der Waals surface area contributed by atoms with Crippen molar-refractivity contribution in [3.05, 3.63) is 72.2 Å². The molecule has 7 nitrogen and oxygen atoms in total. The molecule has 0 aliphatic carbocycles. The minimum absolute atomic E-state index is 0.0683. The van der Waals surface area contributed by atoms with Crippen LogP contribution in [0.2, 0.25) is 0 Å². The highest BCUT2D eigenvalue weighted by Crippen LogP contribution is 2.35. The lowest BCUT2D eigenvalue weighted by atomic mass is 10.2. The van der Waals surface area contributed by atoms with Crippen molar-refractivity contribution in [1.29, 1.82) is 0 Å². The maximum absolute atomic E-state index is 13.2. The van der Waals surface area contributed by atoms with Crippen molar-refractivity contribution in [2.24, 2.45) is 0 Å². The zero-order valence-corrected chi connectivity index (χ0v) is 20.0. The average molecular weight is 485 g/mol. The number of nitrogens with zero attached hydrogens (tertiary/aromatic N) is 2. The highest BCUT2D eigenvalue weighted by molar-refractivity contribution is 7.91. The van der Waals surface area contributed by atoms with Gasteiger partial charge in [0.2, 0.25) is 5.91 Å². The van der Waals surface area contributed by atoms with Gasteiger partial charge in [-0.25, -0.2) is 13.4 Å². The molecule has 4 aromatic rings. The Kier molecular flexibility index (Phi) is 6.80. The van der Waals surface area contributed by atoms with Crippen LogP contribution in [0.4, 0.5) is 5.13 Å². The van der Waals surface area contributed by atoms with Crippen molar-refractivity contribution in [2.45, 2.75) is 31.2 Å². The van der Waals surface area contributed by atoms with Crippen LogP contribution in [0, 0.1) is 6.92 Å². The number of hydrogen-bond acceptors (Lipinski definition) is 7. The molecule has 0 atom stereocenters. The average Bonchev–Trinajstić information content (AvgIpc) is 3.47. The molecule has 0 aliphatic rings. The van der Waals surface area contributed by atoms with Gasteiger partial charge in [0.25, 0.3) is 0 Å². The number of hydrogen-bond donors (Lipinski definition) is 0. The number of furan rings is 1. The Morgan fingerprint density at radius 3 is 2.61 bits per heavy atom. The zero-order valence-electron chi connectivity index (χ0n) is 18.4. The van der Waals surface area contributed by atoms with E-state index < -0.39 is 9.84 Å². The molecule has 0 saturated carbocycles. The number of carbonyl (C=O) groups is 1. The number of para-hydroxylation sites is 1. The highest BCUT2D eigenvalue weighted by atomic mass is 32.2. The molecule has 9 heteroatoms. The Hall–Kier alpha value is -3.17. The normalized spacial score (nSPS) is 11.6. The summed E-state index contributed by atoms with van der Waals surface area (Å²) in [6.07, 6.45) is 1.82. The fourth-order valence-electron chi connectivity index (χ4n) is 3.42. The number of benzene rings is 2. The molecule has 0 bridgehead atoms. The molecular weight excluding hydrogens is 460 g/mol. The first-order valence-corrected chi connectivity index (χ1v) is 12.9. The summed E-state index contributed by atoms with van der Waals surface area (Å²) >= 11 is 1.38. The number of carbonyl (C=O) groups excluding carboxylic acids is 1. The molecular formula is C24H24N2O5S2. The summed E-state index contributed by atoms with van der Waals surface area (Å²) in [7, 11) is -1.88. The van der Waals surface area contributed by atoms with Gasteiger partial charge < -0.3 is 9.15 Å². The van der Waals surface area contributed by atoms with E-state index in [2.05, 4.69) is 4.98 Å². The fourth-order valence-corrected chi connectivity index (χ4v) is 5.73. The van der Waals surface area contributed by atoms with Gasteiger partial charge in [-0.1, -0.05) is 35.1 Å². The third-order valence-electron chi connectivity index (χ3n) is 5.20. The molecule has 2 aromatic carbocycles. The Balaban J connectivity index is 1.52. The van der Waals surface area contributed by atoms with Crippen LogP contribution in [0.1, 0.15) is 24.2 Å². The lowest BCUT2D eigenvalue weighted by Crippen LogP contribution is -2.30. The number of fused-ring (bicyclic) bond motifs is 1. The van der Waals surface area contributed by atoms with Crippen molar-refractivity contribution >= 4 is 42.4 Å². The van der Waals surface area contributed by atoms with E-state index in [-0.39, 0.29) is 35.9 Å². The molecule has 0 aliphatic heterocycles. The van der Waals surface area contributed by atoms with E-state index in [1.54, 1.807) is 54.7 Å². The predicted octanol–water partition coefficient (Wildman–Crippen LogP) is 4.99. The molecule has 0 unspecified atom stereocenters. The molecule has 4 rings (SSSR count). The molecule has 1 amide bonds. The monoisotopic (exact) mass is 484 g/mol. The summed E-state index contributed by atoms with van der Waals surface area (Å²) in [6.45, 7) is 2.11. The van der Waals surface area contributed by atoms with E-state index in [4.69, 9.17) is 9.15 Å². The Labute approximate surface area is 196 Å². The van der Waals surface area contributed by atoms with Crippen LogP contribution in [0.25, 0.3) is 10.2 Å². The summed E-state index contributed by atoms with van der Waals surface area (Å²) in [6, 6.07) is 15.9. The molecule has 0 radical (unpaired) electrons. The topological polar surface area (TPSA) is 89.7 Å². The van der Waals surface area contributed by atoms with Crippen molar-refractivity contribution in [2.75, 3.05) is 17.8 Å². The second-order valence-corrected chi connectivity index (χ2v) is 10.7.